The van der Waals surface area contributed by atoms with Crippen LogP contribution in [0.1, 0.15) is 42.0 Å². The van der Waals surface area contributed by atoms with Gasteiger partial charge < -0.3 is 5.32 Å². The van der Waals surface area contributed by atoms with E-state index in [4.69, 9.17) is 0 Å². The number of rotatable bonds is 3. The molecule has 2 fully saturated rings. The lowest BCUT2D eigenvalue weighted by molar-refractivity contribution is -0.144. The molecule has 0 radical (unpaired) electrons. The lowest BCUT2D eigenvalue weighted by Gasteiger charge is -2.44. The maximum Gasteiger partial charge on any atom is 0.416 e. The molecule has 1 atom stereocenters. The van der Waals surface area contributed by atoms with Crippen molar-refractivity contribution in [2.24, 2.45) is 5.92 Å². The van der Waals surface area contributed by atoms with Gasteiger partial charge in [0.15, 0.2) is 0 Å². The molecule has 1 saturated carbocycles. The molecule has 0 spiro atoms. The Labute approximate surface area is 170 Å². The summed E-state index contributed by atoms with van der Waals surface area (Å²) in [5, 5.41) is 3.08. The zero-order chi connectivity index (χ0) is 19.1. The number of alkyl halides is 6. The number of nitrogens with zero attached hydrogens (tertiary/aromatic N) is 1. The summed E-state index contributed by atoms with van der Waals surface area (Å²) >= 11 is 0. The molecule has 1 aliphatic carbocycles. The van der Waals surface area contributed by atoms with E-state index >= 15 is 0 Å². The third kappa shape index (κ3) is 5.23. The summed E-state index contributed by atoms with van der Waals surface area (Å²) in [6, 6.07) is -0.616. The summed E-state index contributed by atoms with van der Waals surface area (Å²) in [5.41, 5.74) is -3.77. The lowest BCUT2D eigenvalue weighted by atomic mass is 9.75. The van der Waals surface area contributed by atoms with E-state index in [1.807, 2.05) is 0 Å². The molecule has 0 amide bonds. The van der Waals surface area contributed by atoms with Crippen LogP contribution < -0.4 is 5.32 Å². The summed E-state index contributed by atoms with van der Waals surface area (Å²) in [7, 11) is 0. The molecular weight excluding hydrogens is 436 g/mol. The Hall–Kier alpha value is -0.770. The minimum Gasteiger partial charge on any atom is -0.314 e. The van der Waals surface area contributed by atoms with E-state index in [1.54, 1.807) is 4.90 Å². The van der Waals surface area contributed by atoms with Gasteiger partial charge in [-0.2, -0.15) is 26.3 Å². The summed E-state index contributed by atoms with van der Waals surface area (Å²) in [6.07, 6.45) is -7.98. The molecule has 28 heavy (non-hydrogen) atoms. The molecule has 0 aromatic heterocycles. The molecule has 1 N–H and O–H groups in total. The molecule has 1 saturated heterocycles. The van der Waals surface area contributed by atoms with Gasteiger partial charge in [-0.05, 0) is 30.9 Å². The van der Waals surface area contributed by atoms with E-state index in [0.717, 1.165) is 6.42 Å². The van der Waals surface area contributed by atoms with Crippen LogP contribution in [0.4, 0.5) is 30.7 Å². The summed E-state index contributed by atoms with van der Waals surface area (Å²) in [5.74, 6) is -1.61. The SMILES string of the molecule is Cl.Cl.Fc1cc(C(F)(F)F)cc(C(F)(F)F)c1[C@H](C1CCC1)N1CCNCC1. The first-order valence-electron chi connectivity index (χ1n) is 8.51. The Morgan fingerprint density at radius 2 is 1.50 bits per heavy atom. The Bertz CT molecular complexity index is 654. The van der Waals surface area contributed by atoms with Crippen molar-refractivity contribution in [3.05, 3.63) is 34.6 Å². The topological polar surface area (TPSA) is 15.3 Å². The van der Waals surface area contributed by atoms with Gasteiger partial charge in [0.05, 0.1) is 11.1 Å². The van der Waals surface area contributed by atoms with Gasteiger partial charge in [0.2, 0.25) is 0 Å². The van der Waals surface area contributed by atoms with Crippen LogP contribution in [0.3, 0.4) is 0 Å². The van der Waals surface area contributed by atoms with E-state index in [0.29, 0.717) is 39.0 Å². The fraction of sp³-hybridized carbons (Fsp3) is 0.647. The van der Waals surface area contributed by atoms with E-state index < -0.39 is 40.9 Å². The number of piperazine rings is 1. The highest BCUT2D eigenvalue weighted by Gasteiger charge is 2.45. The van der Waals surface area contributed by atoms with Crippen molar-refractivity contribution in [3.8, 4) is 0 Å². The minimum atomic E-state index is -5.06. The molecule has 2 nitrogen and oxygen atoms in total. The molecule has 1 heterocycles. The Morgan fingerprint density at radius 3 is 1.93 bits per heavy atom. The summed E-state index contributed by atoms with van der Waals surface area (Å²) < 4.78 is 94.0. The third-order valence-electron chi connectivity index (χ3n) is 5.20. The van der Waals surface area contributed by atoms with Crippen molar-refractivity contribution in [2.45, 2.75) is 37.7 Å². The van der Waals surface area contributed by atoms with Gasteiger partial charge in [0, 0.05) is 37.8 Å². The quantitative estimate of drug-likeness (QED) is 0.608. The van der Waals surface area contributed by atoms with Gasteiger partial charge in [0.25, 0.3) is 0 Å². The van der Waals surface area contributed by atoms with Crippen molar-refractivity contribution in [1.29, 1.82) is 0 Å². The molecule has 0 bridgehead atoms. The van der Waals surface area contributed by atoms with Gasteiger partial charge in [-0.1, -0.05) is 6.42 Å². The second kappa shape index (κ2) is 9.36. The van der Waals surface area contributed by atoms with Gasteiger partial charge in [-0.25, -0.2) is 4.39 Å². The monoisotopic (exact) mass is 456 g/mol. The van der Waals surface area contributed by atoms with E-state index in [2.05, 4.69) is 5.32 Å². The highest BCUT2D eigenvalue weighted by molar-refractivity contribution is 5.85. The molecule has 2 aliphatic rings. The Balaban J connectivity index is 0.00000196. The van der Waals surface area contributed by atoms with Crippen molar-refractivity contribution in [3.63, 3.8) is 0 Å². The number of hydrogen-bond acceptors (Lipinski definition) is 2. The Morgan fingerprint density at radius 1 is 0.929 bits per heavy atom. The molecule has 162 valence electrons. The summed E-state index contributed by atoms with van der Waals surface area (Å²) in [4.78, 5) is 1.77. The normalized spacial score (nSPS) is 20.0. The van der Waals surface area contributed by atoms with Gasteiger partial charge in [-0.3, -0.25) is 4.90 Å². The highest BCUT2D eigenvalue weighted by Crippen LogP contribution is 2.47. The van der Waals surface area contributed by atoms with E-state index in [1.165, 1.54) is 0 Å². The number of hydrogen-bond donors (Lipinski definition) is 1. The van der Waals surface area contributed by atoms with Gasteiger partial charge in [0.1, 0.15) is 5.82 Å². The molecule has 1 aliphatic heterocycles. The summed E-state index contributed by atoms with van der Waals surface area (Å²) in [6.45, 7) is 1.96. The van der Waals surface area contributed by atoms with Gasteiger partial charge in [-0.15, -0.1) is 24.8 Å². The third-order valence-corrected chi connectivity index (χ3v) is 5.20. The fourth-order valence-electron chi connectivity index (χ4n) is 3.75. The van der Waals surface area contributed by atoms with Crippen LogP contribution >= 0.6 is 24.8 Å². The lowest BCUT2D eigenvalue weighted by Crippen LogP contribution is -2.48. The molecule has 11 heteroatoms. The van der Waals surface area contributed by atoms with Crippen LogP contribution in [0.25, 0.3) is 0 Å². The number of halogens is 9. The first-order chi connectivity index (χ1) is 12.1. The largest absolute Gasteiger partial charge is 0.416 e. The maximum atomic E-state index is 14.7. The molecular formula is C17H21Cl2F7N2. The zero-order valence-electron chi connectivity index (χ0n) is 14.7. The predicted molar refractivity (Wildman–Crippen MR) is 95.4 cm³/mol. The van der Waals surface area contributed by atoms with Crippen molar-refractivity contribution in [1.82, 2.24) is 10.2 Å². The predicted octanol–water partition coefficient (Wildman–Crippen LogP) is 5.45. The second-order valence-corrected chi connectivity index (χ2v) is 6.84. The van der Waals surface area contributed by atoms with Crippen molar-refractivity contribution >= 4 is 24.8 Å². The standard InChI is InChI=1S/C17H19F7N2.2ClH/c18-13-9-11(16(19,20)21)8-12(17(22,23)24)14(13)15(10-2-1-3-10)26-6-4-25-5-7-26;;/h8-10,15,25H,1-7H2;2*1H/t15-;;/m0../s1. The van der Waals surface area contributed by atoms with Crippen LogP contribution in [0.5, 0.6) is 0 Å². The second-order valence-electron chi connectivity index (χ2n) is 6.84. The van der Waals surface area contributed by atoms with Crippen molar-refractivity contribution < 1.29 is 30.7 Å². The van der Waals surface area contributed by atoms with E-state index in [-0.39, 0.29) is 42.9 Å². The zero-order valence-corrected chi connectivity index (χ0v) is 16.3. The van der Waals surface area contributed by atoms with E-state index in [9.17, 15) is 30.7 Å². The van der Waals surface area contributed by atoms with Crippen LogP contribution in [0.15, 0.2) is 12.1 Å². The first kappa shape index (κ1) is 25.3. The Kier molecular flexibility index (Phi) is 8.45. The van der Waals surface area contributed by atoms with Crippen LogP contribution in [0, 0.1) is 11.7 Å². The average molecular weight is 457 g/mol. The average Bonchev–Trinajstić information content (AvgIpc) is 2.49. The fourth-order valence-corrected chi connectivity index (χ4v) is 3.75. The van der Waals surface area contributed by atoms with Crippen LogP contribution in [-0.4, -0.2) is 31.1 Å². The maximum absolute atomic E-state index is 14.7. The van der Waals surface area contributed by atoms with Crippen molar-refractivity contribution in [2.75, 3.05) is 26.2 Å². The van der Waals surface area contributed by atoms with Gasteiger partial charge >= 0.3 is 12.4 Å². The van der Waals surface area contributed by atoms with Crippen LogP contribution in [-0.2, 0) is 12.4 Å². The minimum absolute atomic E-state index is 0. The van der Waals surface area contributed by atoms with Crippen LogP contribution in [0.2, 0.25) is 0 Å². The molecule has 0 unspecified atom stereocenters. The first-order valence-corrected chi connectivity index (χ1v) is 8.51. The molecule has 1 aromatic carbocycles. The highest BCUT2D eigenvalue weighted by atomic mass is 35.5. The number of nitrogens with one attached hydrogen (secondary N) is 1. The molecule has 1 aromatic rings. The number of benzene rings is 1. The molecule has 3 rings (SSSR count). The smallest absolute Gasteiger partial charge is 0.314 e.